The standard InChI is InChI=1S/C14H16ClNO3S/c1-16(13-8-9-20(18,19)10-13)14(17)7-4-11-2-5-12(15)6-3-11/h2-7,13H,8-10H2,1H3/b7-4+/t13-/m0/s1. The quantitative estimate of drug-likeness (QED) is 0.802. The van der Waals surface area contributed by atoms with Gasteiger partial charge in [0.05, 0.1) is 11.5 Å². The Hall–Kier alpha value is -1.33. The fourth-order valence-corrected chi connectivity index (χ4v) is 4.02. The van der Waals surface area contributed by atoms with Crippen molar-refractivity contribution in [2.75, 3.05) is 18.6 Å². The molecule has 0 spiro atoms. The van der Waals surface area contributed by atoms with E-state index < -0.39 is 9.84 Å². The van der Waals surface area contributed by atoms with Gasteiger partial charge in [-0.3, -0.25) is 4.79 Å². The Bertz CT molecular complexity index is 622. The number of hydrogen-bond donors (Lipinski definition) is 0. The average molecular weight is 314 g/mol. The van der Waals surface area contributed by atoms with Gasteiger partial charge in [-0.15, -0.1) is 0 Å². The Morgan fingerprint density at radius 2 is 2.00 bits per heavy atom. The van der Waals surface area contributed by atoms with Crippen molar-refractivity contribution in [3.63, 3.8) is 0 Å². The van der Waals surface area contributed by atoms with Gasteiger partial charge in [0.15, 0.2) is 9.84 Å². The van der Waals surface area contributed by atoms with E-state index in [1.807, 2.05) is 12.1 Å². The van der Waals surface area contributed by atoms with E-state index in [0.29, 0.717) is 11.4 Å². The van der Waals surface area contributed by atoms with E-state index in [2.05, 4.69) is 0 Å². The van der Waals surface area contributed by atoms with Crippen molar-refractivity contribution in [1.29, 1.82) is 0 Å². The van der Waals surface area contributed by atoms with Crippen LogP contribution in [-0.4, -0.2) is 43.8 Å². The zero-order valence-corrected chi connectivity index (χ0v) is 12.7. The maximum Gasteiger partial charge on any atom is 0.246 e. The van der Waals surface area contributed by atoms with Crippen LogP contribution in [0.25, 0.3) is 6.08 Å². The fraction of sp³-hybridized carbons (Fsp3) is 0.357. The summed E-state index contributed by atoms with van der Waals surface area (Å²) in [7, 11) is -1.34. The second-order valence-corrected chi connectivity index (χ2v) is 7.56. The van der Waals surface area contributed by atoms with Gasteiger partial charge in [0.1, 0.15) is 0 Å². The molecule has 0 saturated carbocycles. The maximum atomic E-state index is 12.0. The van der Waals surface area contributed by atoms with Crippen LogP contribution in [0.15, 0.2) is 30.3 Å². The fourth-order valence-electron chi connectivity index (χ4n) is 2.12. The van der Waals surface area contributed by atoms with Crippen LogP contribution in [0.5, 0.6) is 0 Å². The third-order valence-electron chi connectivity index (χ3n) is 3.39. The molecule has 20 heavy (non-hydrogen) atoms. The lowest BCUT2D eigenvalue weighted by Crippen LogP contribution is -2.36. The Morgan fingerprint density at radius 1 is 1.35 bits per heavy atom. The zero-order valence-electron chi connectivity index (χ0n) is 11.1. The van der Waals surface area contributed by atoms with Gasteiger partial charge in [0.25, 0.3) is 0 Å². The summed E-state index contributed by atoms with van der Waals surface area (Å²) in [5.41, 5.74) is 0.871. The van der Waals surface area contributed by atoms with Crippen molar-refractivity contribution in [3.05, 3.63) is 40.9 Å². The smallest absolute Gasteiger partial charge is 0.246 e. The van der Waals surface area contributed by atoms with Crippen LogP contribution < -0.4 is 0 Å². The molecule has 4 nitrogen and oxygen atoms in total. The normalized spacial score (nSPS) is 21.2. The Balaban J connectivity index is 1.99. The number of carbonyl (C=O) groups is 1. The van der Waals surface area contributed by atoms with Crippen molar-refractivity contribution in [2.45, 2.75) is 12.5 Å². The molecule has 2 rings (SSSR count). The van der Waals surface area contributed by atoms with Gasteiger partial charge >= 0.3 is 0 Å². The number of amides is 1. The Kier molecular flexibility index (Phi) is 4.50. The third kappa shape index (κ3) is 3.84. The molecule has 108 valence electrons. The molecule has 0 unspecified atom stereocenters. The van der Waals surface area contributed by atoms with Gasteiger partial charge in [-0.2, -0.15) is 0 Å². The molecule has 1 fully saturated rings. The molecule has 1 atom stereocenters. The van der Waals surface area contributed by atoms with Crippen LogP contribution in [0, 0.1) is 0 Å². The summed E-state index contributed by atoms with van der Waals surface area (Å²) in [6.45, 7) is 0. The van der Waals surface area contributed by atoms with Crippen molar-refractivity contribution in [2.24, 2.45) is 0 Å². The molecule has 1 aromatic rings. The van der Waals surface area contributed by atoms with Crippen LogP contribution in [0.1, 0.15) is 12.0 Å². The van der Waals surface area contributed by atoms with Crippen molar-refractivity contribution in [1.82, 2.24) is 4.90 Å². The molecule has 0 bridgehead atoms. The average Bonchev–Trinajstić information content (AvgIpc) is 2.77. The van der Waals surface area contributed by atoms with Gasteiger partial charge in [-0.1, -0.05) is 23.7 Å². The summed E-state index contributed by atoms with van der Waals surface area (Å²) in [4.78, 5) is 13.5. The molecule has 0 radical (unpaired) electrons. The predicted octanol–water partition coefficient (Wildman–Crippen LogP) is 2.00. The molecule has 1 amide bonds. The van der Waals surface area contributed by atoms with Gasteiger partial charge in [-0.05, 0) is 30.2 Å². The van der Waals surface area contributed by atoms with Crippen molar-refractivity contribution in [3.8, 4) is 0 Å². The number of halogens is 1. The highest BCUT2D eigenvalue weighted by atomic mass is 35.5. The number of likely N-dealkylation sites (N-methyl/N-ethyl adjacent to an activating group) is 1. The second kappa shape index (κ2) is 5.97. The van der Waals surface area contributed by atoms with Crippen LogP contribution in [0.4, 0.5) is 0 Å². The van der Waals surface area contributed by atoms with Crippen LogP contribution in [-0.2, 0) is 14.6 Å². The van der Waals surface area contributed by atoms with Gasteiger partial charge in [0.2, 0.25) is 5.91 Å². The molecule has 0 aliphatic carbocycles. The van der Waals surface area contributed by atoms with Crippen molar-refractivity contribution < 1.29 is 13.2 Å². The number of benzene rings is 1. The molecule has 0 aromatic heterocycles. The van der Waals surface area contributed by atoms with E-state index in [-0.39, 0.29) is 23.5 Å². The van der Waals surface area contributed by atoms with E-state index in [1.54, 1.807) is 25.3 Å². The molecular weight excluding hydrogens is 298 g/mol. The zero-order chi connectivity index (χ0) is 14.8. The number of carbonyl (C=O) groups excluding carboxylic acids is 1. The summed E-state index contributed by atoms with van der Waals surface area (Å²) >= 11 is 5.78. The van der Waals surface area contributed by atoms with E-state index >= 15 is 0 Å². The molecule has 6 heteroatoms. The lowest BCUT2D eigenvalue weighted by Gasteiger charge is -2.21. The topological polar surface area (TPSA) is 54.5 Å². The summed E-state index contributed by atoms with van der Waals surface area (Å²) in [6.07, 6.45) is 3.66. The number of nitrogens with zero attached hydrogens (tertiary/aromatic N) is 1. The molecule has 0 N–H and O–H groups in total. The Labute approximate surface area is 124 Å². The number of rotatable bonds is 3. The minimum atomic E-state index is -2.98. The second-order valence-electron chi connectivity index (χ2n) is 4.89. The summed E-state index contributed by atoms with van der Waals surface area (Å²) in [5, 5.41) is 0.641. The summed E-state index contributed by atoms with van der Waals surface area (Å²) < 4.78 is 22.8. The molecular formula is C14H16ClNO3S. The van der Waals surface area contributed by atoms with Gasteiger partial charge in [0, 0.05) is 24.2 Å². The van der Waals surface area contributed by atoms with E-state index in [4.69, 9.17) is 11.6 Å². The highest BCUT2D eigenvalue weighted by Crippen LogP contribution is 2.17. The number of sulfone groups is 1. The first kappa shape index (κ1) is 15.1. The lowest BCUT2D eigenvalue weighted by atomic mass is 10.2. The van der Waals surface area contributed by atoms with Gasteiger partial charge in [-0.25, -0.2) is 8.42 Å². The van der Waals surface area contributed by atoms with Crippen LogP contribution >= 0.6 is 11.6 Å². The van der Waals surface area contributed by atoms with Crippen LogP contribution in [0.3, 0.4) is 0 Å². The monoisotopic (exact) mass is 313 g/mol. The largest absolute Gasteiger partial charge is 0.338 e. The van der Waals surface area contributed by atoms with Crippen LogP contribution in [0.2, 0.25) is 5.02 Å². The minimum Gasteiger partial charge on any atom is -0.338 e. The van der Waals surface area contributed by atoms with Gasteiger partial charge < -0.3 is 4.90 Å². The first-order chi connectivity index (χ1) is 9.37. The van der Waals surface area contributed by atoms with E-state index in [1.165, 1.54) is 11.0 Å². The summed E-state index contributed by atoms with van der Waals surface area (Å²) in [6, 6.07) is 6.90. The molecule has 1 aliphatic rings. The highest BCUT2D eigenvalue weighted by Gasteiger charge is 2.31. The maximum absolute atomic E-state index is 12.0. The molecule has 1 aromatic carbocycles. The third-order valence-corrected chi connectivity index (χ3v) is 5.39. The number of hydrogen-bond acceptors (Lipinski definition) is 3. The van der Waals surface area contributed by atoms with Crippen molar-refractivity contribution >= 4 is 33.4 Å². The Morgan fingerprint density at radius 3 is 2.55 bits per heavy atom. The molecule has 1 saturated heterocycles. The molecule has 1 aliphatic heterocycles. The molecule has 1 heterocycles. The lowest BCUT2D eigenvalue weighted by molar-refractivity contribution is -0.126. The highest BCUT2D eigenvalue weighted by molar-refractivity contribution is 7.91. The predicted molar refractivity (Wildman–Crippen MR) is 80.3 cm³/mol. The van der Waals surface area contributed by atoms with E-state index in [9.17, 15) is 13.2 Å². The summed E-state index contributed by atoms with van der Waals surface area (Å²) in [5.74, 6) is 0.0299. The van der Waals surface area contributed by atoms with E-state index in [0.717, 1.165) is 5.56 Å². The first-order valence-corrected chi connectivity index (χ1v) is 8.48. The minimum absolute atomic E-state index is 0.0595. The SMILES string of the molecule is CN(C(=O)/C=C/c1ccc(Cl)cc1)[C@H]1CCS(=O)(=O)C1. The first-order valence-electron chi connectivity index (χ1n) is 6.28.